The molecule has 0 aliphatic rings. The summed E-state index contributed by atoms with van der Waals surface area (Å²) in [6, 6.07) is 12.8. The van der Waals surface area contributed by atoms with Gasteiger partial charge in [-0.3, -0.25) is 0 Å². The molecule has 120 valence electrons. The Morgan fingerprint density at radius 3 is 2.87 bits per heavy atom. The zero-order valence-corrected chi connectivity index (χ0v) is 13.4. The number of hydrogen-bond acceptors (Lipinski definition) is 4. The molecule has 0 fully saturated rings. The first-order valence-corrected chi connectivity index (χ1v) is 7.49. The van der Waals surface area contributed by atoms with Crippen LogP contribution in [-0.2, 0) is 11.2 Å². The standard InChI is InChI=1S/C17H17ClN2O3/c1-2-23-17(22)20-19-11-14-10-12(7-8-16(14)21)9-13-5-3-4-6-15(13)18/h3-8,10-11,21H,2,9H2,1H3,(H,20,22). The van der Waals surface area contributed by atoms with E-state index in [1.807, 2.05) is 30.3 Å². The van der Waals surface area contributed by atoms with E-state index in [1.54, 1.807) is 19.1 Å². The summed E-state index contributed by atoms with van der Waals surface area (Å²) in [6.07, 6.45) is 1.35. The molecule has 0 bridgehead atoms. The Bertz CT molecular complexity index is 717. The van der Waals surface area contributed by atoms with E-state index in [0.29, 0.717) is 17.0 Å². The molecule has 5 nitrogen and oxygen atoms in total. The number of carbonyl (C=O) groups is 1. The lowest BCUT2D eigenvalue weighted by atomic mass is 10.0. The van der Waals surface area contributed by atoms with Crippen LogP contribution in [0.5, 0.6) is 5.75 Å². The van der Waals surface area contributed by atoms with Crippen LogP contribution in [0.3, 0.4) is 0 Å². The second-order valence-electron chi connectivity index (χ2n) is 4.75. The van der Waals surface area contributed by atoms with E-state index >= 15 is 0 Å². The summed E-state index contributed by atoms with van der Waals surface area (Å²) in [5.74, 6) is 0.0716. The third-order valence-electron chi connectivity index (χ3n) is 3.08. The molecule has 2 N–H and O–H groups in total. The van der Waals surface area contributed by atoms with Gasteiger partial charge in [0.2, 0.25) is 0 Å². The molecule has 2 rings (SSSR count). The van der Waals surface area contributed by atoms with Crippen molar-refractivity contribution < 1.29 is 14.6 Å². The Labute approximate surface area is 139 Å². The third kappa shape index (κ3) is 5.00. The maximum absolute atomic E-state index is 11.1. The van der Waals surface area contributed by atoms with E-state index in [4.69, 9.17) is 11.6 Å². The van der Waals surface area contributed by atoms with Crippen molar-refractivity contribution in [3.63, 3.8) is 0 Å². The molecular formula is C17H17ClN2O3. The van der Waals surface area contributed by atoms with Crippen LogP contribution in [0.4, 0.5) is 4.79 Å². The SMILES string of the molecule is CCOC(=O)NN=Cc1cc(Cc2ccccc2Cl)ccc1O. The van der Waals surface area contributed by atoms with Crippen LogP contribution in [-0.4, -0.2) is 24.0 Å². The van der Waals surface area contributed by atoms with E-state index < -0.39 is 6.09 Å². The van der Waals surface area contributed by atoms with Crippen molar-refractivity contribution in [3.8, 4) is 5.75 Å². The lowest BCUT2D eigenvalue weighted by Crippen LogP contribution is -2.18. The number of phenolic OH excluding ortho intramolecular Hbond substituents is 1. The molecule has 0 unspecified atom stereocenters. The normalized spacial score (nSPS) is 10.7. The van der Waals surface area contributed by atoms with Gasteiger partial charge in [-0.2, -0.15) is 5.10 Å². The number of phenols is 1. The number of carbonyl (C=O) groups excluding carboxylic acids is 1. The zero-order valence-electron chi connectivity index (χ0n) is 12.6. The Morgan fingerprint density at radius 2 is 2.13 bits per heavy atom. The Balaban J connectivity index is 2.11. The van der Waals surface area contributed by atoms with Crippen molar-refractivity contribution >= 4 is 23.9 Å². The van der Waals surface area contributed by atoms with Crippen LogP contribution < -0.4 is 5.43 Å². The first kappa shape index (κ1) is 16.8. The molecule has 0 aliphatic carbocycles. The number of hydrogen-bond donors (Lipinski definition) is 2. The summed E-state index contributed by atoms with van der Waals surface area (Å²) >= 11 is 6.16. The van der Waals surface area contributed by atoms with Gasteiger partial charge in [-0.15, -0.1) is 0 Å². The molecule has 23 heavy (non-hydrogen) atoms. The average Bonchev–Trinajstić information content (AvgIpc) is 2.53. The smallest absolute Gasteiger partial charge is 0.427 e. The van der Waals surface area contributed by atoms with Crippen LogP contribution in [0, 0.1) is 0 Å². The number of ether oxygens (including phenoxy) is 1. The number of aromatic hydroxyl groups is 1. The number of rotatable bonds is 5. The Morgan fingerprint density at radius 1 is 1.35 bits per heavy atom. The van der Waals surface area contributed by atoms with Crippen molar-refractivity contribution in [1.29, 1.82) is 0 Å². The van der Waals surface area contributed by atoms with Gasteiger partial charge in [0.25, 0.3) is 0 Å². The van der Waals surface area contributed by atoms with E-state index in [9.17, 15) is 9.90 Å². The van der Waals surface area contributed by atoms with Crippen molar-refractivity contribution in [2.24, 2.45) is 5.10 Å². The molecule has 2 aromatic rings. The first-order chi connectivity index (χ1) is 11.1. The Kier molecular flexibility index (Phi) is 6.00. The number of hydrazone groups is 1. The van der Waals surface area contributed by atoms with E-state index in [-0.39, 0.29) is 12.4 Å². The number of benzene rings is 2. The largest absolute Gasteiger partial charge is 0.507 e. The third-order valence-corrected chi connectivity index (χ3v) is 3.45. The maximum atomic E-state index is 11.1. The van der Waals surface area contributed by atoms with Gasteiger partial charge in [0.1, 0.15) is 5.75 Å². The number of nitrogens with zero attached hydrogens (tertiary/aromatic N) is 1. The van der Waals surface area contributed by atoms with E-state index in [2.05, 4.69) is 15.3 Å². The number of halogens is 1. The molecule has 0 spiro atoms. The van der Waals surface area contributed by atoms with Crippen molar-refractivity contribution in [2.45, 2.75) is 13.3 Å². The molecule has 0 atom stereocenters. The highest BCUT2D eigenvalue weighted by Crippen LogP contribution is 2.22. The van der Waals surface area contributed by atoms with Gasteiger partial charge in [0.15, 0.2) is 0 Å². The molecule has 2 aromatic carbocycles. The Hall–Kier alpha value is -2.53. The van der Waals surface area contributed by atoms with Crippen molar-refractivity contribution in [1.82, 2.24) is 5.43 Å². The van der Waals surface area contributed by atoms with Crippen molar-refractivity contribution in [3.05, 3.63) is 64.2 Å². The van der Waals surface area contributed by atoms with Crippen LogP contribution in [0.1, 0.15) is 23.6 Å². The molecular weight excluding hydrogens is 316 g/mol. The van der Waals surface area contributed by atoms with Crippen LogP contribution in [0.15, 0.2) is 47.6 Å². The van der Waals surface area contributed by atoms with Gasteiger partial charge in [0, 0.05) is 10.6 Å². The van der Waals surface area contributed by atoms with E-state index in [1.165, 1.54) is 6.21 Å². The van der Waals surface area contributed by atoms with Gasteiger partial charge >= 0.3 is 6.09 Å². The van der Waals surface area contributed by atoms with Crippen molar-refractivity contribution in [2.75, 3.05) is 6.61 Å². The molecule has 0 heterocycles. The summed E-state index contributed by atoms with van der Waals surface area (Å²) in [4.78, 5) is 11.1. The highest BCUT2D eigenvalue weighted by atomic mass is 35.5. The fraction of sp³-hybridized carbons (Fsp3) is 0.176. The summed E-state index contributed by atoms with van der Waals surface area (Å²) < 4.78 is 4.69. The van der Waals surface area contributed by atoms with Gasteiger partial charge < -0.3 is 9.84 Å². The topological polar surface area (TPSA) is 70.9 Å². The lowest BCUT2D eigenvalue weighted by molar-refractivity contribution is 0.152. The zero-order chi connectivity index (χ0) is 16.7. The van der Waals surface area contributed by atoms with Gasteiger partial charge in [-0.1, -0.05) is 35.9 Å². The van der Waals surface area contributed by atoms with Crippen LogP contribution >= 0.6 is 11.6 Å². The fourth-order valence-corrected chi connectivity index (χ4v) is 2.20. The fourth-order valence-electron chi connectivity index (χ4n) is 2.00. The summed E-state index contributed by atoms with van der Waals surface area (Å²) in [5, 5.41) is 14.3. The average molecular weight is 333 g/mol. The predicted molar refractivity (Wildman–Crippen MR) is 90.1 cm³/mol. The van der Waals surface area contributed by atoms with Gasteiger partial charge in [-0.25, -0.2) is 10.2 Å². The number of nitrogens with one attached hydrogen (secondary N) is 1. The minimum atomic E-state index is -0.643. The second-order valence-corrected chi connectivity index (χ2v) is 5.16. The monoisotopic (exact) mass is 332 g/mol. The highest BCUT2D eigenvalue weighted by molar-refractivity contribution is 6.31. The molecule has 0 aromatic heterocycles. The summed E-state index contributed by atoms with van der Waals surface area (Å²) in [5.41, 5.74) is 4.66. The number of amides is 1. The minimum absolute atomic E-state index is 0.0716. The molecule has 0 radical (unpaired) electrons. The first-order valence-electron chi connectivity index (χ1n) is 7.11. The predicted octanol–water partition coefficient (Wildman–Crippen LogP) is 3.72. The quantitative estimate of drug-likeness (QED) is 0.647. The highest BCUT2D eigenvalue weighted by Gasteiger charge is 2.05. The molecule has 6 heteroatoms. The van der Waals surface area contributed by atoms with E-state index in [0.717, 1.165) is 11.1 Å². The summed E-state index contributed by atoms with van der Waals surface area (Å²) in [7, 11) is 0. The molecule has 1 amide bonds. The molecule has 0 aliphatic heterocycles. The molecule has 0 saturated heterocycles. The maximum Gasteiger partial charge on any atom is 0.427 e. The van der Waals surface area contributed by atoms with Crippen LogP contribution in [0.2, 0.25) is 5.02 Å². The second kappa shape index (κ2) is 8.19. The molecule has 0 saturated carbocycles. The lowest BCUT2D eigenvalue weighted by Gasteiger charge is -2.06. The summed E-state index contributed by atoms with van der Waals surface area (Å²) in [6.45, 7) is 1.97. The minimum Gasteiger partial charge on any atom is -0.507 e. The van der Waals surface area contributed by atoms with Crippen LogP contribution in [0.25, 0.3) is 0 Å². The van der Waals surface area contributed by atoms with Gasteiger partial charge in [0.05, 0.1) is 12.8 Å². The van der Waals surface area contributed by atoms with Gasteiger partial charge in [-0.05, 0) is 42.7 Å².